The van der Waals surface area contributed by atoms with Crippen molar-refractivity contribution >= 4 is 39.0 Å². The molecule has 1 aliphatic rings. The van der Waals surface area contributed by atoms with Crippen molar-refractivity contribution < 1.29 is 19.0 Å². The van der Waals surface area contributed by atoms with Gasteiger partial charge in [0.1, 0.15) is 33.8 Å². The first-order valence-electron chi connectivity index (χ1n) is 11.2. The highest BCUT2D eigenvalue weighted by molar-refractivity contribution is 7.21. The quantitative estimate of drug-likeness (QED) is 0.234. The monoisotopic (exact) mass is 516 g/mol. The maximum absolute atomic E-state index is 13.0. The number of allylic oxidation sites excluding steroid dienone is 1. The predicted molar refractivity (Wildman–Crippen MR) is 140 cm³/mol. The van der Waals surface area contributed by atoms with Crippen LogP contribution >= 0.6 is 22.9 Å². The number of ether oxygens (including phenoxy) is 3. The van der Waals surface area contributed by atoms with Crippen molar-refractivity contribution in [2.45, 2.75) is 19.8 Å². The van der Waals surface area contributed by atoms with Gasteiger partial charge in [-0.25, -0.2) is 4.79 Å². The Morgan fingerprint density at radius 2 is 1.89 bits per heavy atom. The molecular weight excluding hydrogens is 496 g/mol. The highest BCUT2D eigenvalue weighted by atomic mass is 35.5. The second-order valence-corrected chi connectivity index (χ2v) is 9.69. The number of carbonyl (C=O) groups is 1. The van der Waals surface area contributed by atoms with Gasteiger partial charge < -0.3 is 19.9 Å². The van der Waals surface area contributed by atoms with Gasteiger partial charge in [-0.1, -0.05) is 41.9 Å². The largest absolute Gasteiger partial charge is 0.494 e. The number of rotatable bonds is 5. The number of esters is 1. The molecule has 0 fully saturated rings. The molecular formula is C28H21ClN2O4S. The second-order valence-electron chi connectivity index (χ2n) is 8.26. The summed E-state index contributed by atoms with van der Waals surface area (Å²) in [7, 11) is 0. The SMILES string of the molecule is CCOc1ccc(C2C(C#N)=C(N)Oc3cc(OC(=O)c4sc5cc(C)ccc5c4Cl)ccc32)cc1. The van der Waals surface area contributed by atoms with Crippen molar-refractivity contribution in [2.24, 2.45) is 5.73 Å². The van der Waals surface area contributed by atoms with E-state index in [-0.39, 0.29) is 11.6 Å². The Hall–Kier alpha value is -3.99. The average molecular weight is 517 g/mol. The molecule has 1 aromatic heterocycles. The minimum absolute atomic E-state index is 0.00952. The summed E-state index contributed by atoms with van der Waals surface area (Å²) in [5, 5.41) is 11.0. The Kier molecular flexibility index (Phi) is 6.31. The Labute approximate surface area is 217 Å². The van der Waals surface area contributed by atoms with Crippen LogP contribution in [-0.4, -0.2) is 12.6 Å². The number of halogens is 1. The van der Waals surface area contributed by atoms with Crippen molar-refractivity contribution in [3.8, 4) is 23.3 Å². The van der Waals surface area contributed by atoms with Crippen LogP contribution in [0.5, 0.6) is 17.2 Å². The fraction of sp³-hybridized carbons (Fsp3) is 0.143. The minimum Gasteiger partial charge on any atom is -0.494 e. The number of thiophene rings is 1. The van der Waals surface area contributed by atoms with Gasteiger partial charge in [0, 0.05) is 21.7 Å². The Balaban J connectivity index is 1.46. The van der Waals surface area contributed by atoms with Gasteiger partial charge >= 0.3 is 5.97 Å². The molecule has 4 aromatic rings. The van der Waals surface area contributed by atoms with Crippen molar-refractivity contribution in [1.82, 2.24) is 0 Å². The zero-order valence-electron chi connectivity index (χ0n) is 19.5. The molecule has 36 heavy (non-hydrogen) atoms. The summed E-state index contributed by atoms with van der Waals surface area (Å²) in [5.74, 6) is 0.450. The third-order valence-electron chi connectivity index (χ3n) is 5.90. The molecule has 2 N–H and O–H groups in total. The summed E-state index contributed by atoms with van der Waals surface area (Å²) in [6.07, 6.45) is 0. The van der Waals surface area contributed by atoms with Crippen LogP contribution in [0.15, 0.2) is 72.1 Å². The fourth-order valence-corrected chi connectivity index (χ4v) is 5.71. The van der Waals surface area contributed by atoms with Crippen molar-refractivity contribution in [3.63, 3.8) is 0 Å². The van der Waals surface area contributed by atoms with Gasteiger partial charge in [-0.2, -0.15) is 5.26 Å². The molecule has 0 amide bonds. The van der Waals surface area contributed by atoms with Crippen LogP contribution in [0.3, 0.4) is 0 Å². The van der Waals surface area contributed by atoms with Crippen molar-refractivity contribution in [1.29, 1.82) is 5.26 Å². The lowest BCUT2D eigenvalue weighted by Crippen LogP contribution is -2.21. The van der Waals surface area contributed by atoms with Gasteiger partial charge in [-0.05, 0) is 49.2 Å². The molecule has 1 aliphatic heterocycles. The Morgan fingerprint density at radius 1 is 1.14 bits per heavy atom. The molecule has 1 unspecified atom stereocenters. The number of fused-ring (bicyclic) bond motifs is 2. The zero-order chi connectivity index (χ0) is 25.4. The third-order valence-corrected chi connectivity index (χ3v) is 7.53. The first-order valence-corrected chi connectivity index (χ1v) is 12.4. The molecule has 3 aromatic carbocycles. The Morgan fingerprint density at radius 3 is 2.61 bits per heavy atom. The van der Waals surface area contributed by atoms with Crippen LogP contribution in [0.25, 0.3) is 10.1 Å². The maximum atomic E-state index is 13.0. The van der Waals surface area contributed by atoms with Crippen LogP contribution in [-0.2, 0) is 0 Å². The van der Waals surface area contributed by atoms with E-state index < -0.39 is 11.9 Å². The molecule has 0 saturated heterocycles. The number of nitrogens with zero attached hydrogens (tertiary/aromatic N) is 1. The number of hydrogen-bond acceptors (Lipinski definition) is 7. The molecule has 0 radical (unpaired) electrons. The van der Waals surface area contributed by atoms with E-state index in [1.807, 2.05) is 56.3 Å². The number of hydrogen-bond donors (Lipinski definition) is 1. The summed E-state index contributed by atoms with van der Waals surface area (Å²) in [6, 6.07) is 20.6. The lowest BCUT2D eigenvalue weighted by atomic mass is 9.83. The lowest BCUT2D eigenvalue weighted by Gasteiger charge is -2.26. The van der Waals surface area contributed by atoms with Crippen LogP contribution in [0.4, 0.5) is 0 Å². The number of nitriles is 1. The van der Waals surface area contributed by atoms with E-state index in [9.17, 15) is 10.1 Å². The highest BCUT2D eigenvalue weighted by Crippen LogP contribution is 2.44. The number of aryl methyl sites for hydroxylation is 1. The standard InChI is InChI=1S/C28H21ClN2O4S/c1-3-33-17-7-5-16(6-8-17)24-19-11-9-18(13-22(19)35-27(31)21(24)14-30)34-28(32)26-25(29)20-10-4-15(2)12-23(20)36-26/h4-13,24H,3,31H2,1-2H3. The van der Waals surface area contributed by atoms with Crippen molar-refractivity contribution in [2.75, 3.05) is 6.61 Å². The minimum atomic E-state index is -0.557. The second kappa shape index (κ2) is 9.57. The van der Waals surface area contributed by atoms with E-state index in [0.717, 1.165) is 32.5 Å². The molecule has 180 valence electrons. The molecule has 0 spiro atoms. The van der Waals surface area contributed by atoms with Crippen molar-refractivity contribution in [3.05, 3.63) is 98.7 Å². The summed E-state index contributed by atoms with van der Waals surface area (Å²) in [6.45, 7) is 4.46. The molecule has 6 nitrogen and oxygen atoms in total. The lowest BCUT2D eigenvalue weighted by molar-refractivity contribution is 0.0740. The topological polar surface area (TPSA) is 94.6 Å². The summed E-state index contributed by atoms with van der Waals surface area (Å²) < 4.78 is 17.9. The number of benzene rings is 3. The molecule has 0 aliphatic carbocycles. The van der Waals surface area contributed by atoms with Gasteiger partial charge in [0.2, 0.25) is 5.88 Å². The molecule has 0 saturated carbocycles. The number of nitrogens with two attached hydrogens (primary N) is 1. The third kappa shape index (κ3) is 4.26. The maximum Gasteiger partial charge on any atom is 0.355 e. The van der Waals surface area contributed by atoms with Gasteiger partial charge in [-0.3, -0.25) is 0 Å². The molecule has 0 bridgehead atoms. The highest BCUT2D eigenvalue weighted by Gasteiger charge is 2.31. The van der Waals surface area contributed by atoms with Crippen LogP contribution in [0.1, 0.15) is 39.2 Å². The number of carbonyl (C=O) groups excluding carboxylic acids is 1. The fourth-order valence-electron chi connectivity index (χ4n) is 4.22. The van der Waals surface area contributed by atoms with E-state index in [1.54, 1.807) is 18.2 Å². The molecule has 1 atom stereocenters. The van der Waals surface area contributed by atoms with E-state index in [4.69, 9.17) is 31.5 Å². The van der Waals surface area contributed by atoms with E-state index in [1.165, 1.54) is 11.3 Å². The van der Waals surface area contributed by atoms with Gasteiger partial charge in [-0.15, -0.1) is 11.3 Å². The summed E-state index contributed by atoms with van der Waals surface area (Å²) in [5.41, 5.74) is 9.10. The average Bonchev–Trinajstić information content (AvgIpc) is 3.19. The molecule has 2 heterocycles. The zero-order valence-corrected chi connectivity index (χ0v) is 21.1. The summed E-state index contributed by atoms with van der Waals surface area (Å²) in [4.78, 5) is 13.3. The van der Waals surface area contributed by atoms with E-state index in [2.05, 4.69) is 6.07 Å². The van der Waals surface area contributed by atoms with E-state index in [0.29, 0.717) is 27.8 Å². The molecule has 8 heteroatoms. The Bertz CT molecular complexity index is 1570. The first kappa shape index (κ1) is 23.7. The van der Waals surface area contributed by atoms with Gasteiger partial charge in [0.25, 0.3) is 0 Å². The summed E-state index contributed by atoms with van der Waals surface area (Å²) >= 11 is 7.77. The van der Waals surface area contributed by atoms with Crippen LogP contribution < -0.4 is 19.9 Å². The predicted octanol–water partition coefficient (Wildman–Crippen LogP) is 6.70. The normalized spacial score (nSPS) is 14.7. The smallest absolute Gasteiger partial charge is 0.355 e. The molecule has 5 rings (SSSR count). The van der Waals surface area contributed by atoms with Crippen LogP contribution in [0, 0.1) is 18.3 Å². The van der Waals surface area contributed by atoms with E-state index >= 15 is 0 Å². The van der Waals surface area contributed by atoms with Crippen LogP contribution in [0.2, 0.25) is 5.02 Å². The first-order chi connectivity index (χ1) is 17.4. The van der Waals surface area contributed by atoms with Gasteiger partial charge in [0.15, 0.2) is 0 Å². The van der Waals surface area contributed by atoms with Gasteiger partial charge in [0.05, 0.1) is 17.5 Å².